The quantitative estimate of drug-likeness (QED) is 0.871. The van der Waals surface area contributed by atoms with Crippen molar-refractivity contribution in [1.29, 1.82) is 0 Å². The fourth-order valence-electron chi connectivity index (χ4n) is 2.94. The van der Waals surface area contributed by atoms with E-state index in [1.54, 1.807) is 19.9 Å². The average Bonchev–Trinajstić information content (AvgIpc) is 2.59. The normalized spacial score (nSPS) is 17.1. The van der Waals surface area contributed by atoms with E-state index in [4.69, 9.17) is 9.47 Å². The van der Waals surface area contributed by atoms with Gasteiger partial charge in [-0.3, -0.25) is 4.79 Å². The van der Waals surface area contributed by atoms with Crippen molar-refractivity contribution in [2.24, 2.45) is 0 Å². The molecule has 1 heterocycles. The highest BCUT2D eigenvalue weighted by Gasteiger charge is 2.33. The highest BCUT2D eigenvalue weighted by molar-refractivity contribution is 6.04. The number of methoxy groups -OCH3 is 1. The number of hydrogen-bond acceptors (Lipinski definition) is 5. The molecule has 136 valence electrons. The minimum Gasteiger partial charge on any atom is -0.507 e. The van der Waals surface area contributed by atoms with Gasteiger partial charge in [-0.05, 0) is 25.5 Å². The van der Waals surface area contributed by atoms with E-state index in [0.717, 1.165) is 5.56 Å². The number of fused-ring (bicyclic) bond motifs is 1. The van der Waals surface area contributed by atoms with Gasteiger partial charge in [-0.15, -0.1) is 0 Å². The molecule has 1 unspecified atom stereocenters. The Kier molecular flexibility index (Phi) is 4.74. The van der Waals surface area contributed by atoms with E-state index in [1.807, 2.05) is 30.3 Å². The largest absolute Gasteiger partial charge is 0.507 e. The third kappa shape index (κ3) is 3.58. The number of Topliss-reactive ketones (excluding diaryl/α,β-unsaturated/α-hetero) is 1. The first-order valence-electron chi connectivity index (χ1n) is 8.40. The zero-order valence-electron chi connectivity index (χ0n) is 15.0. The van der Waals surface area contributed by atoms with Gasteiger partial charge in [0, 0.05) is 6.07 Å². The first-order chi connectivity index (χ1) is 12.3. The number of ether oxygens (including phenoxy) is 2. The summed E-state index contributed by atoms with van der Waals surface area (Å²) >= 11 is 0. The third-order valence-corrected chi connectivity index (χ3v) is 4.22. The number of hydrogen-bond donors (Lipinski definition) is 2. The molecule has 5 heteroatoms. The van der Waals surface area contributed by atoms with Crippen molar-refractivity contribution in [3.05, 3.63) is 59.2 Å². The van der Waals surface area contributed by atoms with Gasteiger partial charge in [-0.1, -0.05) is 36.4 Å². The van der Waals surface area contributed by atoms with E-state index in [0.29, 0.717) is 11.1 Å². The van der Waals surface area contributed by atoms with Crippen LogP contribution in [0.4, 0.5) is 0 Å². The van der Waals surface area contributed by atoms with Gasteiger partial charge in [0.05, 0.1) is 24.7 Å². The predicted molar refractivity (Wildman–Crippen MR) is 98.7 cm³/mol. The molecule has 0 saturated heterocycles. The number of benzene rings is 2. The molecule has 0 saturated carbocycles. The molecule has 1 aliphatic heterocycles. The van der Waals surface area contributed by atoms with Gasteiger partial charge in [0.25, 0.3) is 0 Å². The Morgan fingerprint density at radius 1 is 1.27 bits per heavy atom. The Bertz CT molecular complexity index is 847. The lowest BCUT2D eigenvalue weighted by Crippen LogP contribution is -2.22. The van der Waals surface area contributed by atoms with Gasteiger partial charge in [-0.25, -0.2) is 0 Å². The predicted octanol–water partition coefficient (Wildman–Crippen LogP) is 3.89. The lowest BCUT2D eigenvalue weighted by Gasteiger charge is -2.28. The van der Waals surface area contributed by atoms with Crippen LogP contribution >= 0.6 is 0 Å². The fourth-order valence-corrected chi connectivity index (χ4v) is 2.94. The molecule has 1 aliphatic rings. The van der Waals surface area contributed by atoms with Crippen LogP contribution in [0.25, 0.3) is 6.08 Å². The number of ketones is 1. The van der Waals surface area contributed by atoms with Crippen molar-refractivity contribution in [3.63, 3.8) is 0 Å². The summed E-state index contributed by atoms with van der Waals surface area (Å²) in [6.45, 7) is 3.24. The molecule has 0 aromatic heterocycles. The van der Waals surface area contributed by atoms with E-state index in [1.165, 1.54) is 19.3 Å². The lowest BCUT2D eigenvalue weighted by molar-refractivity contribution is 0.0843. The first kappa shape index (κ1) is 18.0. The SMILES string of the molecule is COc1cc(O)c(/C=C\C(C)(C)O)c2c1C(=O)CC(c1ccccc1)O2. The van der Waals surface area contributed by atoms with Crippen LogP contribution in [-0.2, 0) is 0 Å². The second-order valence-corrected chi connectivity index (χ2v) is 6.85. The van der Waals surface area contributed by atoms with E-state index in [9.17, 15) is 15.0 Å². The molecule has 0 radical (unpaired) electrons. The maximum atomic E-state index is 12.8. The molecule has 0 amide bonds. The summed E-state index contributed by atoms with van der Waals surface area (Å²) < 4.78 is 11.4. The smallest absolute Gasteiger partial charge is 0.174 e. The van der Waals surface area contributed by atoms with E-state index >= 15 is 0 Å². The summed E-state index contributed by atoms with van der Waals surface area (Å²) in [5, 5.41) is 20.4. The van der Waals surface area contributed by atoms with Gasteiger partial charge in [0.1, 0.15) is 28.9 Å². The standard InChI is InChI=1S/C21H22O5/c1-21(2,24)10-9-14-15(22)11-18(25-3)19-16(23)12-17(26-20(14)19)13-7-5-4-6-8-13/h4-11,17,22,24H,12H2,1-3H3/b10-9-. The van der Waals surface area contributed by atoms with Crippen LogP contribution in [0, 0.1) is 0 Å². The molecule has 26 heavy (non-hydrogen) atoms. The molecular weight excluding hydrogens is 332 g/mol. The second-order valence-electron chi connectivity index (χ2n) is 6.85. The van der Waals surface area contributed by atoms with Crippen molar-refractivity contribution >= 4 is 11.9 Å². The molecule has 1 atom stereocenters. The molecule has 3 rings (SSSR count). The number of aromatic hydroxyl groups is 1. The summed E-state index contributed by atoms with van der Waals surface area (Å²) in [4.78, 5) is 12.8. The Labute approximate surface area is 152 Å². The fraction of sp³-hybridized carbons (Fsp3) is 0.286. The number of rotatable bonds is 4. The molecule has 2 aromatic carbocycles. The maximum absolute atomic E-state index is 12.8. The minimum atomic E-state index is -1.07. The Balaban J connectivity index is 2.14. The van der Waals surface area contributed by atoms with Gasteiger partial charge in [-0.2, -0.15) is 0 Å². The van der Waals surface area contributed by atoms with Gasteiger partial charge < -0.3 is 19.7 Å². The lowest BCUT2D eigenvalue weighted by atomic mass is 9.92. The summed E-state index contributed by atoms with van der Waals surface area (Å²) in [5.74, 6) is 0.347. The summed E-state index contributed by atoms with van der Waals surface area (Å²) in [7, 11) is 1.44. The van der Waals surface area contributed by atoms with Gasteiger partial charge >= 0.3 is 0 Å². The van der Waals surface area contributed by atoms with Crippen LogP contribution in [0.1, 0.15) is 47.9 Å². The molecule has 0 fully saturated rings. The third-order valence-electron chi connectivity index (χ3n) is 4.22. The maximum Gasteiger partial charge on any atom is 0.174 e. The summed E-state index contributed by atoms with van der Waals surface area (Å²) in [6.07, 6.45) is 2.84. The molecule has 2 N–H and O–H groups in total. The van der Waals surface area contributed by atoms with Crippen LogP contribution < -0.4 is 9.47 Å². The molecule has 2 aromatic rings. The minimum absolute atomic E-state index is 0.0809. The van der Waals surface area contributed by atoms with Crippen LogP contribution in [0.2, 0.25) is 0 Å². The number of carbonyl (C=O) groups is 1. The molecular formula is C21H22O5. The summed E-state index contributed by atoms with van der Waals surface area (Å²) in [5.41, 5.74) is 0.465. The number of carbonyl (C=O) groups excluding carboxylic acids is 1. The van der Waals surface area contributed by atoms with Gasteiger partial charge in [0.15, 0.2) is 5.78 Å². The molecule has 0 bridgehead atoms. The zero-order valence-corrected chi connectivity index (χ0v) is 15.0. The van der Waals surface area contributed by atoms with E-state index < -0.39 is 11.7 Å². The van der Waals surface area contributed by atoms with E-state index in [2.05, 4.69) is 0 Å². The Morgan fingerprint density at radius 2 is 1.96 bits per heavy atom. The highest BCUT2D eigenvalue weighted by Crippen LogP contribution is 2.46. The highest BCUT2D eigenvalue weighted by atomic mass is 16.5. The Morgan fingerprint density at radius 3 is 2.58 bits per heavy atom. The zero-order chi connectivity index (χ0) is 18.9. The topological polar surface area (TPSA) is 76.0 Å². The van der Waals surface area contributed by atoms with E-state index in [-0.39, 0.29) is 29.5 Å². The first-order valence-corrected chi connectivity index (χ1v) is 8.40. The van der Waals surface area contributed by atoms with Gasteiger partial charge in [0.2, 0.25) is 0 Å². The number of phenols is 1. The average molecular weight is 354 g/mol. The van der Waals surface area contributed by atoms with Crippen molar-refractivity contribution < 1.29 is 24.5 Å². The monoisotopic (exact) mass is 354 g/mol. The molecule has 0 spiro atoms. The van der Waals surface area contributed by atoms with Crippen molar-refractivity contribution in [2.75, 3.05) is 7.11 Å². The van der Waals surface area contributed by atoms with Crippen LogP contribution in [0.5, 0.6) is 17.2 Å². The van der Waals surface area contributed by atoms with Crippen molar-refractivity contribution in [3.8, 4) is 17.2 Å². The molecule has 0 aliphatic carbocycles. The number of phenolic OH excluding ortho intramolecular Hbond substituents is 1. The van der Waals surface area contributed by atoms with Crippen LogP contribution in [0.15, 0.2) is 42.5 Å². The number of aliphatic hydroxyl groups is 1. The van der Waals surface area contributed by atoms with Crippen LogP contribution in [0.3, 0.4) is 0 Å². The molecule has 5 nitrogen and oxygen atoms in total. The summed E-state index contributed by atoms with van der Waals surface area (Å²) in [6, 6.07) is 10.9. The van der Waals surface area contributed by atoms with Crippen molar-refractivity contribution in [1.82, 2.24) is 0 Å². The van der Waals surface area contributed by atoms with Crippen LogP contribution in [-0.4, -0.2) is 28.7 Å². The second kappa shape index (κ2) is 6.84. The Hall–Kier alpha value is -2.79. The van der Waals surface area contributed by atoms with Crippen molar-refractivity contribution in [2.45, 2.75) is 32.0 Å².